The maximum Gasteiger partial charge on any atom is 0.306 e. The van der Waals surface area contributed by atoms with E-state index < -0.39 is 59.4 Å². The molecule has 3 aromatic carbocycles. The Kier molecular flexibility index (Phi) is 12.5. The van der Waals surface area contributed by atoms with Gasteiger partial charge in [0.1, 0.15) is 29.0 Å². The first-order chi connectivity index (χ1) is 30.9. The van der Waals surface area contributed by atoms with Gasteiger partial charge in [-0.1, -0.05) is 87.5 Å². The fraction of sp³-hybridized carbons (Fsp3) is 0.347. The van der Waals surface area contributed by atoms with Crippen LogP contribution in [0.2, 0.25) is 0 Å². The molecule has 16 heteroatoms. The number of carboxylic acids is 1. The molecule has 2 unspecified atom stereocenters. The van der Waals surface area contributed by atoms with E-state index in [-0.39, 0.29) is 24.9 Å². The normalized spacial score (nSPS) is 18.0. The average Bonchev–Trinajstić information content (AvgIpc) is 4.04. The molecule has 0 bridgehead atoms. The summed E-state index contributed by atoms with van der Waals surface area (Å²) in [6.07, 6.45) is -1.29. The van der Waals surface area contributed by atoms with Crippen LogP contribution in [-0.4, -0.2) is 89.0 Å². The highest BCUT2D eigenvalue weighted by atomic mass is 32.1. The summed E-state index contributed by atoms with van der Waals surface area (Å²) < 4.78 is 1.86. The number of benzene rings is 3. The summed E-state index contributed by atoms with van der Waals surface area (Å²) in [7, 11) is 0. The third-order valence-corrected chi connectivity index (χ3v) is 14.4. The minimum Gasteiger partial charge on any atom is -0.481 e. The van der Waals surface area contributed by atoms with Crippen LogP contribution >= 0.6 is 22.7 Å². The lowest BCUT2D eigenvalue weighted by Crippen LogP contribution is -2.58. The van der Waals surface area contributed by atoms with Crippen molar-refractivity contribution in [3.05, 3.63) is 128 Å². The number of aromatic nitrogens is 4. The van der Waals surface area contributed by atoms with Crippen molar-refractivity contribution in [2.75, 3.05) is 6.54 Å². The fourth-order valence-electron chi connectivity index (χ4n) is 8.65. The van der Waals surface area contributed by atoms with E-state index in [4.69, 9.17) is 4.99 Å². The van der Waals surface area contributed by atoms with E-state index in [0.717, 1.165) is 53.8 Å². The summed E-state index contributed by atoms with van der Waals surface area (Å²) in [6, 6.07) is 19.5. The monoisotopic (exact) mass is 912 g/mol. The number of aliphatic carboxylic acids is 1. The van der Waals surface area contributed by atoms with Crippen molar-refractivity contribution >= 4 is 52.1 Å². The summed E-state index contributed by atoms with van der Waals surface area (Å²) >= 11 is 3.08. The maximum absolute atomic E-state index is 15.2. The predicted octanol–water partition coefficient (Wildman–Crippen LogP) is 7.70. The second-order valence-electron chi connectivity index (χ2n) is 17.9. The zero-order valence-electron chi connectivity index (χ0n) is 37.5. The van der Waals surface area contributed by atoms with E-state index in [9.17, 15) is 24.6 Å². The van der Waals surface area contributed by atoms with E-state index in [0.29, 0.717) is 22.9 Å². The van der Waals surface area contributed by atoms with Crippen LogP contribution in [0.5, 0.6) is 0 Å². The number of aliphatic hydroxyl groups is 1. The highest BCUT2D eigenvalue weighted by Crippen LogP contribution is 2.41. The number of β-amino-alcohol motifs (C(OH)–C–C–N with tert-alkyl or cyclic N) is 1. The Morgan fingerprint density at radius 1 is 0.908 bits per heavy atom. The molecule has 2 aliphatic heterocycles. The van der Waals surface area contributed by atoms with Crippen LogP contribution in [0.25, 0.3) is 26.6 Å². The lowest BCUT2D eigenvalue weighted by Gasteiger charge is -2.35. The molecule has 336 valence electrons. The number of carbonyl (C=O) groups excluding carboxylic acids is 3. The SMILES string of the molecule is Cc1ncsc1-c1ccc(C(C)NC(=O)[C@@H]2C[C@@H](O)CN2C(=O)C(NC(=O)c2cc(-c3ccccc3)ccc2C2=N[C@@H](CC(=O)O)c3nnc(C)n3-c3sc(C)c(C)c32)C(C)(C)C)cc1. The highest BCUT2D eigenvalue weighted by Gasteiger charge is 2.45. The van der Waals surface area contributed by atoms with Gasteiger partial charge in [0.25, 0.3) is 5.91 Å². The van der Waals surface area contributed by atoms with E-state index in [1.165, 1.54) is 16.2 Å². The molecule has 5 heterocycles. The zero-order valence-corrected chi connectivity index (χ0v) is 39.2. The van der Waals surface area contributed by atoms with E-state index in [1.807, 2.05) is 132 Å². The number of aryl methyl sites for hydroxylation is 3. The molecule has 8 rings (SSSR count). The molecule has 4 N–H and O–H groups in total. The number of carboxylic acid groups (broad SMARTS) is 1. The van der Waals surface area contributed by atoms with Crippen LogP contribution < -0.4 is 10.6 Å². The van der Waals surface area contributed by atoms with Gasteiger partial charge in [-0.15, -0.1) is 32.9 Å². The number of rotatable bonds is 11. The number of nitrogens with one attached hydrogen (secondary N) is 2. The lowest BCUT2D eigenvalue weighted by atomic mass is 9.85. The van der Waals surface area contributed by atoms with Crippen molar-refractivity contribution in [3.63, 3.8) is 0 Å². The Balaban J connectivity index is 1.14. The molecule has 0 radical (unpaired) electrons. The number of aliphatic hydroxyl groups excluding tert-OH is 1. The van der Waals surface area contributed by atoms with Crippen molar-refractivity contribution < 1.29 is 29.4 Å². The molecule has 0 saturated carbocycles. The number of aliphatic imine (C=N–C) groups is 1. The zero-order chi connectivity index (χ0) is 46.5. The molecule has 65 heavy (non-hydrogen) atoms. The molecule has 2 aliphatic rings. The van der Waals surface area contributed by atoms with Crippen molar-refractivity contribution in [1.29, 1.82) is 0 Å². The standard InChI is InChI=1S/C49H52N8O6S2/c1-25-28(4)65-48-40(25)41(52-37(22-39(59)60)44-55-54-29(5)57(44)48)35-19-18-33(31-12-10-9-11-13-31)20-36(35)45(61)53-43(49(6,7)8)47(63)56-23-34(58)21-38(56)46(62)51-26(2)30-14-16-32(17-15-30)42-27(3)50-24-64-42/h9-20,24,26,34,37-38,43,58H,21-23H2,1-8H3,(H,51,62)(H,53,61)(H,59,60)/t26?,34-,37+,38+,43?/m1/s1. The Morgan fingerprint density at radius 2 is 1.62 bits per heavy atom. The van der Waals surface area contributed by atoms with Gasteiger partial charge >= 0.3 is 5.97 Å². The van der Waals surface area contributed by atoms with Gasteiger partial charge in [-0.05, 0) is 73.9 Å². The molecule has 6 aromatic rings. The molecular weight excluding hydrogens is 861 g/mol. The van der Waals surface area contributed by atoms with Crippen LogP contribution in [0, 0.1) is 33.1 Å². The first-order valence-corrected chi connectivity index (χ1v) is 23.2. The number of fused-ring (bicyclic) bond motifs is 3. The molecule has 3 amide bonds. The molecule has 5 atom stereocenters. The molecular formula is C49H52N8O6S2. The third kappa shape index (κ3) is 8.89. The van der Waals surface area contributed by atoms with Gasteiger partial charge in [0.05, 0.1) is 40.4 Å². The average molecular weight is 913 g/mol. The number of thiazole rings is 1. The molecule has 14 nitrogen and oxygen atoms in total. The third-order valence-electron chi connectivity index (χ3n) is 12.3. The first-order valence-electron chi connectivity index (χ1n) is 21.5. The number of hydrogen-bond acceptors (Lipinski definition) is 11. The Labute approximate surface area is 385 Å². The number of likely N-dealkylation sites (tertiary alicyclic amines) is 1. The number of carbonyl (C=O) groups is 4. The van der Waals surface area contributed by atoms with Gasteiger partial charge in [0.2, 0.25) is 11.8 Å². The lowest BCUT2D eigenvalue weighted by molar-refractivity contribution is -0.142. The van der Waals surface area contributed by atoms with Crippen LogP contribution in [0.15, 0.2) is 83.3 Å². The van der Waals surface area contributed by atoms with E-state index in [2.05, 4.69) is 25.8 Å². The minimum atomic E-state index is -1.14. The quantitative estimate of drug-likeness (QED) is 0.101. The second-order valence-corrected chi connectivity index (χ2v) is 20.0. The Morgan fingerprint density at radius 3 is 2.28 bits per heavy atom. The van der Waals surface area contributed by atoms with E-state index in [1.54, 1.807) is 17.4 Å². The van der Waals surface area contributed by atoms with Crippen molar-refractivity contribution in [2.45, 2.75) is 98.5 Å². The van der Waals surface area contributed by atoms with Gasteiger partial charge < -0.3 is 25.7 Å². The van der Waals surface area contributed by atoms with E-state index >= 15 is 4.79 Å². The van der Waals surface area contributed by atoms with Gasteiger partial charge in [0, 0.05) is 34.5 Å². The molecule has 1 saturated heterocycles. The topological polar surface area (TPSA) is 192 Å². The van der Waals surface area contributed by atoms with Gasteiger partial charge in [0.15, 0.2) is 5.82 Å². The minimum absolute atomic E-state index is 0.0353. The van der Waals surface area contributed by atoms with Crippen molar-refractivity contribution in [1.82, 2.24) is 35.3 Å². The van der Waals surface area contributed by atoms with Gasteiger partial charge in [-0.3, -0.25) is 28.7 Å². The van der Waals surface area contributed by atoms with Crippen LogP contribution in [-0.2, 0) is 14.4 Å². The number of hydrogen-bond donors (Lipinski definition) is 4. The molecule has 0 aliphatic carbocycles. The summed E-state index contributed by atoms with van der Waals surface area (Å²) in [5.41, 5.74) is 8.11. The van der Waals surface area contributed by atoms with Crippen molar-refractivity contribution in [3.8, 4) is 26.6 Å². The Bertz CT molecular complexity index is 2840. The first kappa shape index (κ1) is 45.2. The fourth-order valence-corrected chi connectivity index (χ4v) is 10.7. The predicted molar refractivity (Wildman–Crippen MR) is 252 cm³/mol. The second kappa shape index (κ2) is 17.9. The molecule has 1 fully saturated rings. The smallest absolute Gasteiger partial charge is 0.306 e. The summed E-state index contributed by atoms with van der Waals surface area (Å²) in [5.74, 6) is -1.60. The van der Waals surface area contributed by atoms with Crippen LogP contribution in [0.4, 0.5) is 0 Å². The van der Waals surface area contributed by atoms with Crippen molar-refractivity contribution in [2.24, 2.45) is 10.4 Å². The summed E-state index contributed by atoms with van der Waals surface area (Å²) in [6.45, 7) is 15.0. The number of nitrogens with zero attached hydrogens (tertiary/aromatic N) is 6. The number of thiophene rings is 1. The largest absolute Gasteiger partial charge is 0.481 e. The molecule has 3 aromatic heterocycles. The Hall–Kier alpha value is -6.36. The molecule has 0 spiro atoms. The highest BCUT2D eigenvalue weighted by molar-refractivity contribution is 7.15. The maximum atomic E-state index is 15.2. The van der Waals surface area contributed by atoms with Gasteiger partial charge in [-0.25, -0.2) is 4.98 Å². The van der Waals surface area contributed by atoms with Crippen LogP contribution in [0.1, 0.15) is 107 Å². The van der Waals surface area contributed by atoms with Gasteiger partial charge in [-0.2, -0.15) is 0 Å². The van der Waals surface area contributed by atoms with Crippen LogP contribution in [0.3, 0.4) is 0 Å². The summed E-state index contributed by atoms with van der Waals surface area (Å²) in [4.78, 5) is 69.4. The summed E-state index contributed by atoms with van der Waals surface area (Å²) in [5, 5.41) is 36.7. The number of amides is 3.